The number of aromatic nitrogens is 2. The number of nitrogens with zero attached hydrogens (tertiary/aromatic N) is 2. The van der Waals surface area contributed by atoms with Crippen LogP contribution in [0.1, 0.15) is 66.7 Å². The van der Waals surface area contributed by atoms with Gasteiger partial charge in [0, 0.05) is 7.05 Å². The minimum atomic E-state index is -0.706. The first kappa shape index (κ1) is 20.3. The van der Waals surface area contributed by atoms with Crippen molar-refractivity contribution < 1.29 is 14.6 Å². The molecular weight excluding hydrogens is 328 g/mol. The van der Waals surface area contributed by atoms with Gasteiger partial charge in [-0.2, -0.15) is 0 Å². The van der Waals surface area contributed by atoms with Crippen LogP contribution in [-0.2, 0) is 11.8 Å². The molecule has 1 aromatic heterocycles. The van der Waals surface area contributed by atoms with Gasteiger partial charge in [0.15, 0.2) is 0 Å². The molecule has 1 fully saturated rings. The topological polar surface area (TPSA) is 64.3 Å². The molecule has 0 radical (unpaired) electrons. The molecule has 5 nitrogen and oxygen atoms in total. The molecule has 1 N–H and O–H groups in total. The van der Waals surface area contributed by atoms with Crippen LogP contribution < -0.4 is 15.3 Å². The molecule has 1 saturated carbocycles. The Bertz CT molecular complexity index is 805. The second kappa shape index (κ2) is 8.11. The van der Waals surface area contributed by atoms with Crippen molar-refractivity contribution >= 4 is 17.6 Å². The molecule has 0 spiro atoms. The Kier molecular flexibility index (Phi) is 6.32. The molecule has 1 aliphatic rings. The maximum absolute atomic E-state index is 11.4. The van der Waals surface area contributed by atoms with Crippen molar-refractivity contribution in [1.82, 2.24) is 9.78 Å². The Labute approximate surface area is 156 Å². The number of ether oxygens (including phenoxy) is 1. The number of aryl methyl sites for hydroxylation is 1. The zero-order valence-corrected chi connectivity index (χ0v) is 16.9. The molecule has 1 heterocycles. The lowest BCUT2D eigenvalue weighted by molar-refractivity contribution is -0.150. The smallest absolute Gasteiger partial charge is 0.309 e. The minimum absolute atomic E-state index is 0.0243. The first-order valence-corrected chi connectivity index (χ1v) is 9.46. The van der Waals surface area contributed by atoms with Crippen molar-refractivity contribution in [1.29, 1.82) is 0 Å². The molecule has 2 rings (SSSR count). The van der Waals surface area contributed by atoms with Gasteiger partial charge in [0.1, 0.15) is 6.10 Å². The van der Waals surface area contributed by atoms with E-state index in [-0.39, 0.29) is 6.10 Å². The summed E-state index contributed by atoms with van der Waals surface area (Å²) >= 11 is 0. The number of hydrogen-bond acceptors (Lipinski definition) is 3. The van der Waals surface area contributed by atoms with E-state index in [1.54, 1.807) is 0 Å². The molecule has 144 valence electrons. The third-order valence-electron chi connectivity index (χ3n) is 5.47. The predicted octanol–water partition coefficient (Wildman–Crippen LogP) is 3.16. The number of carboxylic acid groups (broad SMARTS) is 1. The van der Waals surface area contributed by atoms with Crippen molar-refractivity contribution in [3.8, 4) is 5.88 Å². The molecule has 1 aliphatic carbocycles. The highest BCUT2D eigenvalue weighted by atomic mass is 16.5. The van der Waals surface area contributed by atoms with Gasteiger partial charge in [-0.3, -0.25) is 9.48 Å². The molecule has 0 aromatic carbocycles. The molecule has 0 aliphatic heterocycles. The van der Waals surface area contributed by atoms with Crippen LogP contribution in [0.3, 0.4) is 0 Å². The fourth-order valence-electron chi connectivity index (χ4n) is 3.31. The van der Waals surface area contributed by atoms with Crippen LogP contribution in [0.15, 0.2) is 11.6 Å². The fourth-order valence-corrected chi connectivity index (χ4v) is 3.31. The highest BCUT2D eigenvalue weighted by Gasteiger charge is 2.38. The van der Waals surface area contributed by atoms with Crippen molar-refractivity contribution in [2.45, 2.75) is 72.8 Å². The molecular formula is C21H32N2O3. The highest BCUT2D eigenvalue weighted by molar-refractivity contribution is 5.74. The lowest BCUT2D eigenvalue weighted by atomic mass is 9.75. The van der Waals surface area contributed by atoms with Crippen molar-refractivity contribution in [2.75, 3.05) is 0 Å². The van der Waals surface area contributed by atoms with Gasteiger partial charge >= 0.3 is 5.97 Å². The summed E-state index contributed by atoms with van der Waals surface area (Å²) in [6, 6.07) is 0. The van der Waals surface area contributed by atoms with Gasteiger partial charge in [0.05, 0.1) is 16.0 Å². The summed E-state index contributed by atoms with van der Waals surface area (Å²) < 4.78 is 8.09. The molecule has 0 saturated heterocycles. The standard InChI is InChI=1S/C21H32N2O3/c1-7-15(4)8-9-17-18(14(2)3)19(22-23(17)6)26-16-10-12-21(5,13-11-16)20(24)25/h8-9,16H,7,10-13H2,1-6H3,(H,24,25)/b15-8+,17-9+. The van der Waals surface area contributed by atoms with Gasteiger partial charge in [0.25, 0.3) is 0 Å². The summed E-state index contributed by atoms with van der Waals surface area (Å²) in [5.74, 6) is -0.0487. The Morgan fingerprint density at radius 2 is 1.96 bits per heavy atom. The van der Waals surface area contributed by atoms with Crippen LogP contribution in [0.2, 0.25) is 0 Å². The lowest BCUT2D eigenvalue weighted by Gasteiger charge is -2.33. The molecule has 5 heteroatoms. The number of aliphatic carboxylic acids is 1. The van der Waals surface area contributed by atoms with E-state index in [0.717, 1.165) is 35.4 Å². The molecule has 0 atom stereocenters. The van der Waals surface area contributed by atoms with E-state index in [2.05, 4.69) is 44.9 Å². The maximum Gasteiger partial charge on any atom is 0.309 e. The summed E-state index contributed by atoms with van der Waals surface area (Å²) in [7, 11) is 1.93. The molecule has 0 amide bonds. The van der Waals surface area contributed by atoms with E-state index in [0.29, 0.717) is 18.7 Å². The van der Waals surface area contributed by atoms with Crippen molar-refractivity contribution in [2.24, 2.45) is 12.5 Å². The zero-order valence-electron chi connectivity index (χ0n) is 16.9. The molecule has 0 bridgehead atoms. The highest BCUT2D eigenvalue weighted by Crippen LogP contribution is 2.37. The largest absolute Gasteiger partial charge is 0.481 e. The Balaban J connectivity index is 2.30. The number of hydrogen-bond donors (Lipinski definition) is 1. The van der Waals surface area contributed by atoms with E-state index in [4.69, 9.17) is 4.74 Å². The first-order valence-electron chi connectivity index (χ1n) is 9.46. The van der Waals surface area contributed by atoms with E-state index >= 15 is 0 Å². The number of carbonyl (C=O) groups is 1. The molecule has 0 unspecified atom stereocenters. The Morgan fingerprint density at radius 1 is 1.35 bits per heavy atom. The summed E-state index contributed by atoms with van der Waals surface area (Å²) in [5.41, 5.74) is 1.85. The van der Waals surface area contributed by atoms with E-state index in [1.165, 1.54) is 5.57 Å². The maximum atomic E-state index is 11.4. The van der Waals surface area contributed by atoms with Crippen LogP contribution in [-0.4, -0.2) is 27.0 Å². The average molecular weight is 360 g/mol. The number of rotatable bonds is 5. The Hall–Kier alpha value is -2.04. The monoisotopic (exact) mass is 360 g/mol. The predicted molar refractivity (Wildman–Crippen MR) is 104 cm³/mol. The van der Waals surface area contributed by atoms with Crippen molar-refractivity contribution in [3.05, 3.63) is 22.2 Å². The zero-order chi connectivity index (χ0) is 19.5. The summed E-state index contributed by atoms with van der Waals surface area (Å²) in [5, 5.41) is 16.1. The van der Waals surface area contributed by atoms with Gasteiger partial charge in [0.2, 0.25) is 5.88 Å². The summed E-state index contributed by atoms with van der Waals surface area (Å²) in [6.45, 7) is 10.2. The SMILES string of the molecule is CC/C(C)=C/C=c1\c(=C(C)C)c(OC2CCC(C)(C(=O)O)CC2)nn1C. The summed E-state index contributed by atoms with van der Waals surface area (Å²) in [6.07, 6.45) is 8.05. The normalized spacial score (nSPS) is 24.6. The first-order chi connectivity index (χ1) is 12.2. The van der Waals surface area contributed by atoms with Crippen LogP contribution in [0.25, 0.3) is 11.6 Å². The minimum Gasteiger partial charge on any atom is -0.481 e. The van der Waals surface area contributed by atoms with Gasteiger partial charge in [-0.05, 0) is 65.9 Å². The second-order valence-corrected chi connectivity index (χ2v) is 7.91. The van der Waals surface area contributed by atoms with Crippen LogP contribution in [0, 0.1) is 5.41 Å². The average Bonchev–Trinajstić information content (AvgIpc) is 2.90. The fraction of sp³-hybridized carbons (Fsp3) is 0.619. The second-order valence-electron chi connectivity index (χ2n) is 7.91. The van der Waals surface area contributed by atoms with E-state index in [1.807, 2.05) is 18.7 Å². The number of carboxylic acids is 1. The summed E-state index contributed by atoms with van der Waals surface area (Å²) in [4.78, 5) is 11.4. The lowest BCUT2D eigenvalue weighted by Crippen LogP contribution is -2.37. The van der Waals surface area contributed by atoms with Crippen molar-refractivity contribution in [3.63, 3.8) is 0 Å². The van der Waals surface area contributed by atoms with E-state index in [9.17, 15) is 9.90 Å². The van der Waals surface area contributed by atoms with Gasteiger partial charge < -0.3 is 9.84 Å². The van der Waals surface area contributed by atoms with E-state index < -0.39 is 11.4 Å². The Morgan fingerprint density at radius 3 is 2.46 bits per heavy atom. The van der Waals surface area contributed by atoms with Crippen LogP contribution in [0.5, 0.6) is 5.88 Å². The third kappa shape index (κ3) is 4.37. The third-order valence-corrected chi connectivity index (χ3v) is 5.47. The quantitative estimate of drug-likeness (QED) is 0.876. The van der Waals surface area contributed by atoms with Gasteiger partial charge in [-0.25, -0.2) is 0 Å². The number of allylic oxidation sites excluding steroid dienone is 2. The van der Waals surface area contributed by atoms with Crippen LogP contribution in [0.4, 0.5) is 0 Å². The van der Waals surface area contributed by atoms with Gasteiger partial charge in [-0.15, -0.1) is 5.10 Å². The van der Waals surface area contributed by atoms with Gasteiger partial charge in [-0.1, -0.05) is 24.1 Å². The van der Waals surface area contributed by atoms with Crippen LogP contribution >= 0.6 is 0 Å². The molecule has 26 heavy (non-hydrogen) atoms. The molecule has 1 aromatic rings.